The van der Waals surface area contributed by atoms with Crippen molar-refractivity contribution in [1.29, 1.82) is 0 Å². The summed E-state index contributed by atoms with van der Waals surface area (Å²) in [4.78, 5) is 0. The largest absolute Gasteiger partial charge is 0.204 e. The van der Waals surface area contributed by atoms with Gasteiger partial charge < -0.3 is 0 Å². The van der Waals surface area contributed by atoms with Crippen molar-refractivity contribution in [3.8, 4) is 0 Å². The van der Waals surface area contributed by atoms with Gasteiger partial charge in [-0.15, -0.1) is 0 Å². The Morgan fingerprint density at radius 2 is 1.48 bits per heavy atom. The predicted octanol–water partition coefficient (Wildman–Crippen LogP) is 5.87. The average molecular weight is 294 g/mol. The molecule has 114 valence electrons. The summed E-state index contributed by atoms with van der Waals surface area (Å²) in [6.45, 7) is 0. The molecule has 1 atom stereocenters. The van der Waals surface area contributed by atoms with Gasteiger partial charge in [0, 0.05) is 0 Å². The van der Waals surface area contributed by atoms with Gasteiger partial charge in [0.2, 0.25) is 0 Å². The van der Waals surface area contributed by atoms with E-state index < -0.39 is 17.5 Å². The molecular weight excluding hydrogens is 273 g/mol. The second-order valence-electron chi connectivity index (χ2n) is 6.42. The molecule has 0 bridgehead atoms. The van der Waals surface area contributed by atoms with E-state index in [1.165, 1.54) is 32.1 Å². The maximum absolute atomic E-state index is 13.3. The van der Waals surface area contributed by atoms with Crippen LogP contribution in [0.15, 0.2) is 18.2 Å². The van der Waals surface area contributed by atoms with Crippen molar-refractivity contribution in [2.24, 2.45) is 11.8 Å². The van der Waals surface area contributed by atoms with Gasteiger partial charge in [0.15, 0.2) is 17.5 Å². The van der Waals surface area contributed by atoms with Crippen LogP contribution in [0.5, 0.6) is 0 Å². The van der Waals surface area contributed by atoms with Crippen molar-refractivity contribution in [2.75, 3.05) is 0 Å². The van der Waals surface area contributed by atoms with Crippen molar-refractivity contribution >= 4 is 5.57 Å². The zero-order valence-electron chi connectivity index (χ0n) is 12.2. The smallest absolute Gasteiger partial charge is 0.194 e. The van der Waals surface area contributed by atoms with E-state index >= 15 is 0 Å². The molecule has 3 heteroatoms. The van der Waals surface area contributed by atoms with Gasteiger partial charge in [-0.2, -0.15) is 0 Å². The van der Waals surface area contributed by atoms with Crippen LogP contribution in [0.4, 0.5) is 13.2 Å². The van der Waals surface area contributed by atoms with E-state index in [4.69, 9.17) is 0 Å². The standard InChI is InChI=1S/C18H21F3/c19-16-10-15(11-17(20)18(16)21)14-8-6-13(7-9-14)12-4-2-1-3-5-12/h8,10-13H,1-7,9H2. The molecule has 0 N–H and O–H groups in total. The number of hydrogen-bond acceptors (Lipinski definition) is 0. The van der Waals surface area contributed by atoms with Crippen LogP contribution in [0.25, 0.3) is 5.57 Å². The Kier molecular flexibility index (Phi) is 4.37. The van der Waals surface area contributed by atoms with E-state index in [1.807, 2.05) is 0 Å². The zero-order chi connectivity index (χ0) is 14.8. The average Bonchev–Trinajstić information content (AvgIpc) is 2.53. The van der Waals surface area contributed by atoms with Gasteiger partial charge >= 0.3 is 0 Å². The fraction of sp³-hybridized carbons (Fsp3) is 0.556. The quantitative estimate of drug-likeness (QED) is 0.599. The van der Waals surface area contributed by atoms with Gasteiger partial charge in [-0.3, -0.25) is 0 Å². The molecule has 21 heavy (non-hydrogen) atoms. The minimum absolute atomic E-state index is 0.494. The first-order valence-corrected chi connectivity index (χ1v) is 7.99. The van der Waals surface area contributed by atoms with Crippen LogP contribution >= 0.6 is 0 Å². The first-order valence-electron chi connectivity index (χ1n) is 7.99. The molecule has 0 aliphatic heterocycles. The zero-order valence-corrected chi connectivity index (χ0v) is 12.2. The molecule has 1 aromatic carbocycles. The van der Waals surface area contributed by atoms with E-state index in [2.05, 4.69) is 6.08 Å². The van der Waals surface area contributed by atoms with Gasteiger partial charge in [-0.05, 0) is 54.4 Å². The number of hydrogen-bond donors (Lipinski definition) is 0. The molecule has 0 heterocycles. The summed E-state index contributed by atoms with van der Waals surface area (Å²) in [5, 5.41) is 0. The van der Waals surface area contributed by atoms with Crippen LogP contribution in [0.2, 0.25) is 0 Å². The second kappa shape index (κ2) is 6.25. The first kappa shape index (κ1) is 14.7. The Morgan fingerprint density at radius 1 is 0.810 bits per heavy atom. The van der Waals surface area contributed by atoms with E-state index in [0.29, 0.717) is 11.5 Å². The second-order valence-corrected chi connectivity index (χ2v) is 6.42. The molecule has 0 nitrogen and oxygen atoms in total. The third kappa shape index (κ3) is 3.17. The molecule has 0 radical (unpaired) electrons. The highest BCUT2D eigenvalue weighted by atomic mass is 19.2. The molecule has 2 aliphatic carbocycles. The number of benzene rings is 1. The van der Waals surface area contributed by atoms with Crippen molar-refractivity contribution < 1.29 is 13.2 Å². The van der Waals surface area contributed by atoms with Crippen LogP contribution in [-0.4, -0.2) is 0 Å². The Labute approximate surface area is 124 Å². The predicted molar refractivity (Wildman–Crippen MR) is 78.2 cm³/mol. The van der Waals surface area contributed by atoms with Crippen LogP contribution in [0, 0.1) is 29.3 Å². The lowest BCUT2D eigenvalue weighted by atomic mass is 9.73. The van der Waals surface area contributed by atoms with Gasteiger partial charge in [0.25, 0.3) is 0 Å². The summed E-state index contributed by atoms with van der Waals surface area (Å²) < 4.78 is 39.7. The van der Waals surface area contributed by atoms with E-state index in [-0.39, 0.29) is 0 Å². The minimum Gasteiger partial charge on any atom is -0.204 e. The molecule has 1 aromatic rings. The third-order valence-electron chi connectivity index (χ3n) is 5.12. The SMILES string of the molecule is Fc1cc(C2=CCC(C3CCCCC3)CC2)cc(F)c1F. The van der Waals surface area contributed by atoms with E-state index in [1.54, 1.807) is 0 Å². The van der Waals surface area contributed by atoms with Crippen molar-refractivity contribution in [2.45, 2.75) is 51.4 Å². The first-order chi connectivity index (χ1) is 10.1. The Hall–Kier alpha value is -1.25. The molecule has 3 rings (SSSR count). The monoisotopic (exact) mass is 294 g/mol. The van der Waals surface area contributed by atoms with Gasteiger partial charge in [0.05, 0.1) is 0 Å². The van der Waals surface area contributed by atoms with Gasteiger partial charge in [-0.1, -0.05) is 38.2 Å². The number of rotatable bonds is 2. The van der Waals surface area contributed by atoms with Crippen molar-refractivity contribution in [3.63, 3.8) is 0 Å². The lowest BCUT2D eigenvalue weighted by molar-refractivity contribution is 0.235. The molecule has 1 saturated carbocycles. The fourth-order valence-corrected chi connectivity index (χ4v) is 3.89. The fourth-order valence-electron chi connectivity index (χ4n) is 3.89. The highest BCUT2D eigenvalue weighted by Gasteiger charge is 2.26. The molecular formula is C18H21F3. The molecule has 0 aromatic heterocycles. The van der Waals surface area contributed by atoms with Crippen LogP contribution < -0.4 is 0 Å². The normalized spacial score (nSPS) is 24.0. The molecule has 0 saturated heterocycles. The summed E-state index contributed by atoms with van der Waals surface area (Å²) in [5.74, 6) is -2.04. The molecule has 0 amide bonds. The van der Waals surface area contributed by atoms with Gasteiger partial charge in [0.1, 0.15) is 0 Å². The summed E-state index contributed by atoms with van der Waals surface area (Å²) in [5.41, 5.74) is 1.45. The van der Waals surface area contributed by atoms with Crippen LogP contribution in [-0.2, 0) is 0 Å². The summed E-state index contributed by atoms with van der Waals surface area (Å²) in [6, 6.07) is 2.23. The van der Waals surface area contributed by atoms with Crippen LogP contribution in [0.1, 0.15) is 56.9 Å². The lowest BCUT2D eigenvalue weighted by Gasteiger charge is -2.32. The Bertz CT molecular complexity index is 518. The Balaban J connectivity index is 1.72. The lowest BCUT2D eigenvalue weighted by Crippen LogP contribution is -2.19. The molecule has 0 spiro atoms. The molecule has 2 aliphatic rings. The topological polar surface area (TPSA) is 0 Å². The highest BCUT2D eigenvalue weighted by Crippen LogP contribution is 2.40. The maximum Gasteiger partial charge on any atom is 0.194 e. The minimum atomic E-state index is -1.38. The van der Waals surface area contributed by atoms with Crippen molar-refractivity contribution in [1.82, 2.24) is 0 Å². The summed E-state index contributed by atoms with van der Waals surface area (Å²) >= 11 is 0. The maximum atomic E-state index is 13.3. The summed E-state index contributed by atoms with van der Waals surface area (Å²) in [7, 11) is 0. The number of halogens is 3. The Morgan fingerprint density at radius 3 is 2.05 bits per heavy atom. The molecule has 1 fully saturated rings. The van der Waals surface area contributed by atoms with Crippen LogP contribution in [0.3, 0.4) is 0 Å². The molecule has 1 unspecified atom stereocenters. The van der Waals surface area contributed by atoms with E-state index in [0.717, 1.165) is 42.9 Å². The summed E-state index contributed by atoms with van der Waals surface area (Å²) in [6.07, 6.45) is 11.7. The number of allylic oxidation sites excluding steroid dienone is 2. The van der Waals surface area contributed by atoms with E-state index in [9.17, 15) is 13.2 Å². The van der Waals surface area contributed by atoms with Gasteiger partial charge in [-0.25, -0.2) is 13.2 Å². The highest BCUT2D eigenvalue weighted by molar-refractivity contribution is 5.66. The third-order valence-corrected chi connectivity index (χ3v) is 5.12. The van der Waals surface area contributed by atoms with Crippen molar-refractivity contribution in [3.05, 3.63) is 41.2 Å².